The molecular weight excluding hydrogens is 368 g/mol. The number of aryl methyl sites for hydroxylation is 1. The van der Waals surface area contributed by atoms with E-state index in [0.717, 1.165) is 23.1 Å². The summed E-state index contributed by atoms with van der Waals surface area (Å²) in [5, 5.41) is 13.1. The average molecular weight is 389 g/mol. The lowest BCUT2D eigenvalue weighted by Crippen LogP contribution is -2.40. The number of carbonyl (C=O) groups excluding carboxylic acids is 1. The predicted molar refractivity (Wildman–Crippen MR) is 103 cm³/mol. The Morgan fingerprint density at radius 2 is 2.22 bits per heavy atom. The average Bonchev–Trinajstić information content (AvgIpc) is 2.98. The van der Waals surface area contributed by atoms with Crippen molar-refractivity contribution in [3.63, 3.8) is 0 Å². The van der Waals surface area contributed by atoms with Crippen molar-refractivity contribution in [3.8, 4) is 0 Å². The number of carbonyl (C=O) groups is 1. The van der Waals surface area contributed by atoms with Crippen LogP contribution in [0, 0.1) is 0 Å². The Balaban J connectivity index is 1.63. The molecular formula is C18H21ClN6O2. The van der Waals surface area contributed by atoms with Gasteiger partial charge in [0.05, 0.1) is 18.2 Å². The number of rotatable bonds is 4. The van der Waals surface area contributed by atoms with E-state index in [2.05, 4.69) is 26.3 Å². The van der Waals surface area contributed by atoms with Crippen molar-refractivity contribution in [2.75, 3.05) is 25.1 Å². The normalized spacial score (nSPS) is 24.4. The minimum absolute atomic E-state index is 0.0469. The first kappa shape index (κ1) is 17.8. The lowest BCUT2D eigenvalue weighted by atomic mass is 10.0. The number of halogens is 1. The highest BCUT2D eigenvalue weighted by Gasteiger charge is 2.28. The zero-order valence-electron chi connectivity index (χ0n) is 14.9. The summed E-state index contributed by atoms with van der Waals surface area (Å²) in [6.07, 6.45) is 8.01. The van der Waals surface area contributed by atoms with Crippen LogP contribution in [-0.4, -0.2) is 47.8 Å². The Hall–Kier alpha value is -2.58. The van der Waals surface area contributed by atoms with Crippen molar-refractivity contribution in [1.29, 1.82) is 0 Å². The second kappa shape index (κ2) is 7.58. The standard InChI is InChI=1S/C18H21ClN6O2/c1-2-10-6-21-17(13-8-23-16-12(13)5-11(19)7-22-16)25-15(10)24-14-9-27-4-3-20-18(14)26/h5-8,14,16,22-23H,2-4,9H2,1H3,(H,20,26)(H,21,24,25). The molecule has 4 rings (SSSR count). The van der Waals surface area contributed by atoms with Gasteiger partial charge in [-0.15, -0.1) is 0 Å². The fraction of sp³-hybridized carbons (Fsp3) is 0.389. The van der Waals surface area contributed by atoms with Gasteiger partial charge in [0.2, 0.25) is 5.91 Å². The third-order valence-electron chi connectivity index (χ3n) is 4.64. The zero-order chi connectivity index (χ0) is 18.8. The molecule has 142 valence electrons. The number of fused-ring (bicyclic) bond motifs is 1. The smallest absolute Gasteiger partial charge is 0.245 e. The van der Waals surface area contributed by atoms with E-state index in [9.17, 15) is 4.79 Å². The van der Waals surface area contributed by atoms with Gasteiger partial charge >= 0.3 is 0 Å². The molecule has 0 aromatic carbocycles. The van der Waals surface area contributed by atoms with E-state index in [1.54, 1.807) is 12.4 Å². The van der Waals surface area contributed by atoms with Crippen LogP contribution in [0.1, 0.15) is 18.3 Å². The molecule has 0 bridgehead atoms. The first-order chi connectivity index (χ1) is 13.2. The highest BCUT2D eigenvalue weighted by molar-refractivity contribution is 6.31. The summed E-state index contributed by atoms with van der Waals surface area (Å²) < 4.78 is 5.49. The van der Waals surface area contributed by atoms with Crippen LogP contribution >= 0.6 is 11.6 Å². The topological polar surface area (TPSA) is 100 Å². The second-order valence-electron chi connectivity index (χ2n) is 6.44. The summed E-state index contributed by atoms with van der Waals surface area (Å²) in [6, 6.07) is -0.489. The third kappa shape index (κ3) is 3.63. The summed E-state index contributed by atoms with van der Waals surface area (Å²) in [5.74, 6) is 1.12. The van der Waals surface area contributed by atoms with Crippen molar-refractivity contribution < 1.29 is 9.53 Å². The Morgan fingerprint density at radius 3 is 3.07 bits per heavy atom. The minimum Gasteiger partial charge on any atom is -0.377 e. The Kier molecular flexibility index (Phi) is 5.00. The van der Waals surface area contributed by atoms with Gasteiger partial charge in [-0.1, -0.05) is 18.5 Å². The van der Waals surface area contributed by atoms with Crippen LogP contribution in [0.25, 0.3) is 5.57 Å². The van der Waals surface area contributed by atoms with E-state index in [1.165, 1.54) is 0 Å². The fourth-order valence-electron chi connectivity index (χ4n) is 3.18. The van der Waals surface area contributed by atoms with E-state index in [4.69, 9.17) is 21.3 Å². The molecule has 4 N–H and O–H groups in total. The van der Waals surface area contributed by atoms with Crippen LogP contribution in [0.5, 0.6) is 0 Å². The number of allylic oxidation sites excluding steroid dienone is 2. The SMILES string of the molecule is CCc1cnc(C2=CNC3NC=C(Cl)C=C23)nc1NC1COCCNC1=O. The van der Waals surface area contributed by atoms with Gasteiger partial charge < -0.3 is 26.0 Å². The number of anilines is 1. The molecule has 2 unspecified atom stereocenters. The van der Waals surface area contributed by atoms with Crippen LogP contribution in [0.15, 0.2) is 35.3 Å². The maximum atomic E-state index is 12.2. The molecule has 1 aromatic rings. The number of hydrogen-bond acceptors (Lipinski definition) is 7. The molecule has 1 aromatic heterocycles. The molecule has 1 fully saturated rings. The highest BCUT2D eigenvalue weighted by Crippen LogP contribution is 2.31. The third-order valence-corrected chi connectivity index (χ3v) is 4.86. The first-order valence-electron chi connectivity index (χ1n) is 8.94. The van der Waals surface area contributed by atoms with Crippen LogP contribution < -0.4 is 21.3 Å². The summed E-state index contributed by atoms with van der Waals surface area (Å²) >= 11 is 6.13. The summed E-state index contributed by atoms with van der Waals surface area (Å²) in [6.45, 7) is 3.35. The summed E-state index contributed by atoms with van der Waals surface area (Å²) in [4.78, 5) is 21.4. The van der Waals surface area contributed by atoms with Crippen LogP contribution in [-0.2, 0) is 16.0 Å². The van der Waals surface area contributed by atoms with Crippen LogP contribution in [0.4, 0.5) is 5.82 Å². The van der Waals surface area contributed by atoms with E-state index < -0.39 is 6.04 Å². The Labute approximate surface area is 162 Å². The number of amides is 1. The van der Waals surface area contributed by atoms with Crippen molar-refractivity contribution >= 4 is 28.9 Å². The van der Waals surface area contributed by atoms with Gasteiger partial charge in [-0.3, -0.25) is 4.79 Å². The van der Waals surface area contributed by atoms with Crippen LogP contribution in [0.2, 0.25) is 0 Å². The van der Waals surface area contributed by atoms with Gasteiger partial charge in [-0.25, -0.2) is 9.97 Å². The Morgan fingerprint density at radius 1 is 1.37 bits per heavy atom. The quantitative estimate of drug-likeness (QED) is 0.606. The number of nitrogens with zero attached hydrogens (tertiary/aromatic N) is 2. The maximum Gasteiger partial charge on any atom is 0.245 e. The van der Waals surface area contributed by atoms with Gasteiger partial charge in [-0.2, -0.15) is 0 Å². The number of dihydropyridines is 1. The van der Waals surface area contributed by atoms with Crippen molar-refractivity contribution in [2.45, 2.75) is 25.6 Å². The van der Waals surface area contributed by atoms with E-state index in [1.807, 2.05) is 19.2 Å². The Bertz CT molecular complexity index is 850. The summed E-state index contributed by atoms with van der Waals surface area (Å²) in [5.41, 5.74) is 2.78. The molecule has 0 aliphatic carbocycles. The van der Waals surface area contributed by atoms with Crippen LogP contribution in [0.3, 0.4) is 0 Å². The van der Waals surface area contributed by atoms with E-state index >= 15 is 0 Å². The lowest BCUT2D eigenvalue weighted by molar-refractivity contribution is -0.121. The molecule has 4 heterocycles. The number of nitrogens with one attached hydrogen (secondary N) is 4. The number of aromatic nitrogens is 2. The van der Waals surface area contributed by atoms with Crippen molar-refractivity contribution in [3.05, 3.63) is 46.7 Å². The zero-order valence-corrected chi connectivity index (χ0v) is 15.6. The van der Waals surface area contributed by atoms with E-state index in [-0.39, 0.29) is 12.1 Å². The maximum absolute atomic E-state index is 12.2. The molecule has 1 saturated heterocycles. The predicted octanol–water partition coefficient (Wildman–Crippen LogP) is 0.846. The molecule has 3 aliphatic rings. The minimum atomic E-state index is -0.489. The van der Waals surface area contributed by atoms with Gasteiger partial charge in [0, 0.05) is 41.9 Å². The van der Waals surface area contributed by atoms with Gasteiger partial charge in [0.15, 0.2) is 5.82 Å². The lowest BCUT2D eigenvalue weighted by Gasteiger charge is -2.20. The van der Waals surface area contributed by atoms with Gasteiger partial charge in [-0.05, 0) is 12.5 Å². The highest BCUT2D eigenvalue weighted by atomic mass is 35.5. The molecule has 0 spiro atoms. The largest absolute Gasteiger partial charge is 0.377 e. The van der Waals surface area contributed by atoms with E-state index in [0.29, 0.717) is 36.4 Å². The molecule has 2 atom stereocenters. The van der Waals surface area contributed by atoms with Gasteiger partial charge in [0.25, 0.3) is 0 Å². The second-order valence-corrected chi connectivity index (χ2v) is 6.87. The van der Waals surface area contributed by atoms with Gasteiger partial charge in [0.1, 0.15) is 18.0 Å². The molecule has 27 heavy (non-hydrogen) atoms. The first-order valence-corrected chi connectivity index (χ1v) is 9.31. The van der Waals surface area contributed by atoms with Crippen molar-refractivity contribution in [2.24, 2.45) is 0 Å². The molecule has 9 heteroatoms. The molecule has 8 nitrogen and oxygen atoms in total. The fourth-order valence-corrected chi connectivity index (χ4v) is 3.36. The molecule has 0 saturated carbocycles. The molecule has 1 amide bonds. The summed E-state index contributed by atoms with van der Waals surface area (Å²) in [7, 11) is 0. The number of ether oxygens (including phenoxy) is 1. The monoisotopic (exact) mass is 388 g/mol. The molecule has 0 radical (unpaired) electrons. The number of hydrogen-bond donors (Lipinski definition) is 4. The van der Waals surface area contributed by atoms with Crippen molar-refractivity contribution in [1.82, 2.24) is 25.9 Å². The molecule has 3 aliphatic heterocycles.